The van der Waals surface area contributed by atoms with Gasteiger partial charge in [0.05, 0.1) is 12.5 Å². The van der Waals surface area contributed by atoms with Crippen LogP contribution in [0, 0.1) is 5.82 Å². The van der Waals surface area contributed by atoms with E-state index in [1.54, 1.807) is 11.0 Å². The predicted molar refractivity (Wildman–Crippen MR) is 85.1 cm³/mol. The molecule has 2 aromatic rings. The summed E-state index contributed by atoms with van der Waals surface area (Å²) < 4.78 is 19.2. The number of hydrogen-bond acceptors (Lipinski definition) is 4. The van der Waals surface area contributed by atoms with Gasteiger partial charge in [-0.05, 0) is 37.8 Å². The van der Waals surface area contributed by atoms with Crippen molar-refractivity contribution in [2.75, 3.05) is 6.54 Å². The maximum Gasteiger partial charge on any atom is 0.229 e. The van der Waals surface area contributed by atoms with Crippen LogP contribution in [-0.4, -0.2) is 27.5 Å². The Morgan fingerprint density at radius 3 is 2.96 bits per heavy atom. The van der Waals surface area contributed by atoms with Gasteiger partial charge in [-0.2, -0.15) is 4.98 Å². The Morgan fingerprint density at radius 1 is 1.38 bits per heavy atom. The molecule has 1 atom stereocenters. The van der Waals surface area contributed by atoms with Crippen LogP contribution in [0.5, 0.6) is 0 Å². The summed E-state index contributed by atoms with van der Waals surface area (Å²) in [5, 5.41) is 4.33. The Hall–Kier alpha value is -1.95. The molecule has 0 bridgehead atoms. The highest BCUT2D eigenvalue weighted by Crippen LogP contribution is 2.40. The normalized spacial score (nSPS) is 20.6. The van der Waals surface area contributed by atoms with Crippen LogP contribution in [-0.2, 0) is 11.2 Å². The predicted octanol–water partition coefficient (Wildman–Crippen LogP) is 3.65. The van der Waals surface area contributed by atoms with Crippen molar-refractivity contribution >= 4 is 17.5 Å². The van der Waals surface area contributed by atoms with Crippen LogP contribution in [0.15, 0.2) is 22.7 Å². The Bertz CT molecular complexity index is 755. The number of hydrogen-bond donors (Lipinski definition) is 0. The molecule has 1 saturated heterocycles. The van der Waals surface area contributed by atoms with E-state index in [-0.39, 0.29) is 29.0 Å². The first-order valence-corrected chi connectivity index (χ1v) is 8.57. The standard InChI is InChI=1S/C17H17ClFN3O2/c18-12-3-1-4-13(19)11(12)9-15(23)22-8-2-5-14(22)16-20-17(24-21-16)10-6-7-10/h1,3-4,10,14H,2,5-9H2. The lowest BCUT2D eigenvalue weighted by Gasteiger charge is -2.22. The minimum Gasteiger partial charge on any atom is -0.339 e. The van der Waals surface area contributed by atoms with Crippen LogP contribution in [0.25, 0.3) is 0 Å². The topological polar surface area (TPSA) is 59.2 Å². The summed E-state index contributed by atoms with van der Waals surface area (Å²) in [6.45, 7) is 0.614. The molecule has 126 valence electrons. The van der Waals surface area contributed by atoms with Crippen molar-refractivity contribution < 1.29 is 13.7 Å². The molecule has 7 heteroatoms. The Labute approximate surface area is 143 Å². The molecule has 5 nitrogen and oxygen atoms in total. The van der Waals surface area contributed by atoms with Crippen molar-refractivity contribution in [3.63, 3.8) is 0 Å². The van der Waals surface area contributed by atoms with E-state index in [0.717, 1.165) is 25.7 Å². The van der Waals surface area contributed by atoms with Crippen molar-refractivity contribution in [3.8, 4) is 0 Å². The highest BCUT2D eigenvalue weighted by Gasteiger charge is 2.36. The number of likely N-dealkylation sites (tertiary alicyclic amines) is 1. The highest BCUT2D eigenvalue weighted by molar-refractivity contribution is 6.31. The molecule has 1 aromatic carbocycles. The van der Waals surface area contributed by atoms with Crippen LogP contribution in [0.1, 0.15) is 54.9 Å². The maximum atomic E-state index is 13.9. The lowest BCUT2D eigenvalue weighted by Crippen LogP contribution is -2.32. The van der Waals surface area contributed by atoms with Crippen LogP contribution < -0.4 is 0 Å². The summed E-state index contributed by atoms with van der Waals surface area (Å²) in [7, 11) is 0. The van der Waals surface area contributed by atoms with E-state index in [4.69, 9.17) is 16.1 Å². The zero-order valence-corrected chi connectivity index (χ0v) is 13.8. The first kappa shape index (κ1) is 15.6. The fraction of sp³-hybridized carbons (Fsp3) is 0.471. The van der Waals surface area contributed by atoms with Gasteiger partial charge in [0.25, 0.3) is 0 Å². The molecule has 4 rings (SSSR count). The smallest absolute Gasteiger partial charge is 0.229 e. The number of carbonyl (C=O) groups is 1. The number of carbonyl (C=O) groups excluding carboxylic acids is 1. The van der Waals surface area contributed by atoms with E-state index < -0.39 is 5.82 Å². The zero-order chi connectivity index (χ0) is 16.7. The summed E-state index contributed by atoms with van der Waals surface area (Å²) in [6, 6.07) is 4.25. The number of nitrogens with zero attached hydrogens (tertiary/aromatic N) is 3. The Morgan fingerprint density at radius 2 is 2.21 bits per heavy atom. The number of benzene rings is 1. The van der Waals surface area contributed by atoms with Crippen molar-refractivity contribution in [1.29, 1.82) is 0 Å². The summed E-state index contributed by atoms with van der Waals surface area (Å²) in [4.78, 5) is 18.8. The first-order chi connectivity index (χ1) is 11.6. The quantitative estimate of drug-likeness (QED) is 0.845. The minimum absolute atomic E-state index is 0.0602. The number of aromatic nitrogens is 2. The molecule has 1 aliphatic heterocycles. The summed E-state index contributed by atoms with van der Waals surface area (Å²) in [5.41, 5.74) is 0.238. The number of amides is 1. The third-order valence-corrected chi connectivity index (χ3v) is 5.00. The van der Waals surface area contributed by atoms with E-state index in [9.17, 15) is 9.18 Å². The second-order valence-electron chi connectivity index (χ2n) is 6.39. The van der Waals surface area contributed by atoms with E-state index in [2.05, 4.69) is 10.1 Å². The molecule has 1 aliphatic carbocycles. The maximum absolute atomic E-state index is 13.9. The van der Waals surface area contributed by atoms with Crippen LogP contribution in [0.4, 0.5) is 4.39 Å². The molecule has 2 aliphatic rings. The molecule has 1 aromatic heterocycles. The molecular weight excluding hydrogens is 333 g/mol. The van der Waals surface area contributed by atoms with Crippen molar-refractivity contribution in [3.05, 3.63) is 46.3 Å². The fourth-order valence-electron chi connectivity index (χ4n) is 3.17. The third kappa shape index (κ3) is 2.90. The van der Waals surface area contributed by atoms with E-state index in [1.807, 2.05) is 0 Å². The van der Waals surface area contributed by atoms with Gasteiger partial charge in [0.15, 0.2) is 5.82 Å². The average Bonchev–Trinajstić information content (AvgIpc) is 3.10. The molecule has 0 spiro atoms. The van der Waals surface area contributed by atoms with Gasteiger partial charge in [0, 0.05) is 23.0 Å². The van der Waals surface area contributed by atoms with Gasteiger partial charge in [-0.25, -0.2) is 4.39 Å². The second-order valence-corrected chi connectivity index (χ2v) is 6.79. The molecule has 2 fully saturated rings. The van der Waals surface area contributed by atoms with Gasteiger partial charge >= 0.3 is 0 Å². The number of halogens is 2. The molecule has 0 N–H and O–H groups in total. The largest absolute Gasteiger partial charge is 0.339 e. The zero-order valence-electron chi connectivity index (χ0n) is 13.0. The lowest BCUT2D eigenvalue weighted by molar-refractivity contribution is -0.131. The molecule has 1 saturated carbocycles. The molecule has 1 unspecified atom stereocenters. The van der Waals surface area contributed by atoms with Gasteiger partial charge in [0.1, 0.15) is 5.82 Å². The summed E-state index contributed by atoms with van der Waals surface area (Å²) in [5.74, 6) is 0.988. The Kier molecular flexibility index (Phi) is 4.00. The molecule has 2 heterocycles. The van der Waals surface area contributed by atoms with E-state index in [0.29, 0.717) is 24.2 Å². The van der Waals surface area contributed by atoms with Gasteiger partial charge < -0.3 is 9.42 Å². The number of rotatable bonds is 4. The van der Waals surface area contributed by atoms with Crippen LogP contribution >= 0.6 is 11.6 Å². The SMILES string of the molecule is O=C(Cc1c(F)cccc1Cl)N1CCCC1c1noc(C2CC2)n1. The van der Waals surface area contributed by atoms with Gasteiger partial charge in [-0.15, -0.1) is 0 Å². The van der Waals surface area contributed by atoms with Gasteiger partial charge in [0.2, 0.25) is 11.8 Å². The van der Waals surface area contributed by atoms with Crippen LogP contribution in [0.3, 0.4) is 0 Å². The average molecular weight is 350 g/mol. The minimum atomic E-state index is -0.456. The molecule has 0 radical (unpaired) electrons. The lowest BCUT2D eigenvalue weighted by atomic mass is 10.1. The van der Waals surface area contributed by atoms with Gasteiger partial charge in [-0.3, -0.25) is 4.79 Å². The summed E-state index contributed by atoms with van der Waals surface area (Å²) >= 11 is 6.03. The van der Waals surface area contributed by atoms with E-state index >= 15 is 0 Å². The second kappa shape index (κ2) is 6.16. The highest BCUT2D eigenvalue weighted by atomic mass is 35.5. The molecular formula is C17H17ClFN3O2. The monoisotopic (exact) mass is 349 g/mol. The Balaban J connectivity index is 1.52. The first-order valence-electron chi connectivity index (χ1n) is 8.19. The molecule has 1 amide bonds. The fourth-order valence-corrected chi connectivity index (χ4v) is 3.40. The van der Waals surface area contributed by atoms with Crippen molar-refractivity contribution in [2.24, 2.45) is 0 Å². The molecule has 24 heavy (non-hydrogen) atoms. The summed E-state index contributed by atoms with van der Waals surface area (Å²) in [6.07, 6.45) is 3.77. The van der Waals surface area contributed by atoms with E-state index in [1.165, 1.54) is 12.1 Å². The van der Waals surface area contributed by atoms with Crippen LogP contribution in [0.2, 0.25) is 5.02 Å². The third-order valence-electron chi connectivity index (χ3n) is 4.64. The van der Waals surface area contributed by atoms with Crippen molar-refractivity contribution in [2.45, 2.75) is 44.1 Å². The van der Waals surface area contributed by atoms with Crippen molar-refractivity contribution in [1.82, 2.24) is 15.0 Å². The van der Waals surface area contributed by atoms with Gasteiger partial charge in [-0.1, -0.05) is 22.8 Å².